The molecular formula is C11H19O6S+. The maximum absolute atomic E-state index is 11.4. The van der Waals surface area contributed by atoms with E-state index >= 15 is 0 Å². The van der Waals surface area contributed by atoms with Crippen LogP contribution in [0.1, 0.15) is 0 Å². The van der Waals surface area contributed by atoms with Gasteiger partial charge < -0.3 is 19.7 Å². The second-order valence-corrected chi connectivity index (χ2v) is 5.61. The molecule has 0 aromatic carbocycles. The maximum atomic E-state index is 11.4. The number of hydrogen-bond acceptors (Lipinski definition) is 6. The first-order valence-electron chi connectivity index (χ1n) is 5.33. The van der Waals surface area contributed by atoms with Crippen molar-refractivity contribution in [1.82, 2.24) is 0 Å². The number of esters is 2. The summed E-state index contributed by atoms with van der Waals surface area (Å²) in [4.78, 5) is 22.7. The second kappa shape index (κ2) is 9.93. The van der Waals surface area contributed by atoms with E-state index in [2.05, 4.69) is 9.47 Å². The number of hydrogen-bond donors (Lipinski definition) is 2. The first-order chi connectivity index (χ1) is 8.60. The first-order valence-corrected chi connectivity index (χ1v) is 7.06. The Bertz CT molecular complexity index is 278. The number of carbonyl (C=O) groups is 2. The lowest BCUT2D eigenvalue weighted by atomic mass is 10.2. The van der Waals surface area contributed by atoms with Crippen LogP contribution >= 0.6 is 0 Å². The van der Waals surface area contributed by atoms with E-state index in [9.17, 15) is 9.59 Å². The van der Waals surface area contributed by atoms with Crippen molar-refractivity contribution in [3.05, 3.63) is 11.6 Å². The molecule has 0 atom stereocenters. The van der Waals surface area contributed by atoms with Gasteiger partial charge in [-0.3, -0.25) is 0 Å². The Balaban J connectivity index is 4.72. The predicted octanol–water partition coefficient (Wildman–Crippen LogP) is -1.14. The highest BCUT2D eigenvalue weighted by molar-refractivity contribution is 7.97. The summed E-state index contributed by atoms with van der Waals surface area (Å²) in [5.41, 5.74) is -0.159. The van der Waals surface area contributed by atoms with Gasteiger partial charge in [-0.25, -0.2) is 9.59 Å². The van der Waals surface area contributed by atoms with Crippen molar-refractivity contribution in [2.75, 3.05) is 44.7 Å². The maximum Gasteiger partial charge on any atom is 0.345 e. The topological polar surface area (TPSA) is 93.1 Å². The fourth-order valence-electron chi connectivity index (χ4n) is 1.20. The first kappa shape index (κ1) is 16.9. The zero-order chi connectivity index (χ0) is 14.0. The summed E-state index contributed by atoms with van der Waals surface area (Å²) in [6, 6.07) is 0. The lowest BCUT2D eigenvalue weighted by molar-refractivity contribution is -0.144. The summed E-state index contributed by atoms with van der Waals surface area (Å²) in [6.07, 6.45) is 1.44. The number of aliphatic hydroxyl groups is 2. The molecule has 18 heavy (non-hydrogen) atoms. The number of methoxy groups -OCH3 is 2. The van der Waals surface area contributed by atoms with Crippen LogP contribution in [0.5, 0.6) is 0 Å². The Morgan fingerprint density at radius 3 is 1.83 bits per heavy atom. The number of aliphatic hydroxyl groups excluding tert-OH is 2. The summed E-state index contributed by atoms with van der Waals surface area (Å²) in [5, 5.41) is 17.7. The molecule has 0 radical (unpaired) electrons. The number of ether oxygens (including phenoxy) is 2. The third-order valence-electron chi connectivity index (χ3n) is 2.09. The zero-order valence-corrected chi connectivity index (χ0v) is 11.4. The average molecular weight is 279 g/mol. The van der Waals surface area contributed by atoms with Gasteiger partial charge in [0.05, 0.1) is 27.4 Å². The normalized spacial score (nSPS) is 10.1. The van der Waals surface area contributed by atoms with Crippen LogP contribution < -0.4 is 0 Å². The van der Waals surface area contributed by atoms with E-state index in [1.807, 2.05) is 0 Å². The fraction of sp³-hybridized carbons (Fsp3) is 0.636. The Morgan fingerprint density at radius 2 is 1.50 bits per heavy atom. The highest BCUT2D eigenvalue weighted by Gasteiger charge is 2.22. The van der Waals surface area contributed by atoms with Gasteiger partial charge in [0.2, 0.25) is 0 Å². The highest BCUT2D eigenvalue weighted by atomic mass is 32.2. The molecule has 7 heteroatoms. The van der Waals surface area contributed by atoms with Gasteiger partial charge >= 0.3 is 11.9 Å². The molecule has 104 valence electrons. The van der Waals surface area contributed by atoms with Crippen LogP contribution in [0, 0.1) is 0 Å². The molecule has 0 saturated heterocycles. The molecule has 0 unspecified atom stereocenters. The van der Waals surface area contributed by atoms with Gasteiger partial charge in [0.1, 0.15) is 22.8 Å². The molecule has 0 fully saturated rings. The van der Waals surface area contributed by atoms with E-state index in [-0.39, 0.29) is 29.7 Å². The van der Waals surface area contributed by atoms with E-state index in [1.165, 1.54) is 20.3 Å². The lowest BCUT2D eigenvalue weighted by Gasteiger charge is -2.05. The second-order valence-electron chi connectivity index (χ2n) is 3.24. The van der Waals surface area contributed by atoms with Crippen LogP contribution in [0.2, 0.25) is 0 Å². The summed E-state index contributed by atoms with van der Waals surface area (Å²) < 4.78 is 8.97. The number of rotatable bonds is 8. The molecule has 2 N–H and O–H groups in total. The van der Waals surface area contributed by atoms with Crippen molar-refractivity contribution in [3.63, 3.8) is 0 Å². The van der Waals surface area contributed by atoms with E-state index in [0.717, 1.165) is 0 Å². The largest absolute Gasteiger partial charge is 0.465 e. The van der Waals surface area contributed by atoms with Crippen molar-refractivity contribution in [2.24, 2.45) is 0 Å². The van der Waals surface area contributed by atoms with Gasteiger partial charge in [0.25, 0.3) is 0 Å². The SMILES string of the molecule is COC(=O)C(=CC[S+](CCO)CCO)C(=O)OC. The third kappa shape index (κ3) is 6.04. The minimum Gasteiger partial charge on any atom is -0.465 e. The molecule has 0 rings (SSSR count). The Morgan fingerprint density at radius 1 is 1.06 bits per heavy atom. The van der Waals surface area contributed by atoms with Gasteiger partial charge in [-0.05, 0) is 17.0 Å². The molecule has 0 heterocycles. The molecule has 0 saturated carbocycles. The summed E-state index contributed by atoms with van der Waals surface area (Å²) in [5.74, 6) is -0.0446. The molecule has 0 aliphatic rings. The number of carbonyl (C=O) groups excluding carboxylic acids is 2. The fourth-order valence-corrected chi connectivity index (χ4v) is 2.65. The minimum atomic E-state index is -0.751. The molecule has 0 aliphatic heterocycles. The van der Waals surface area contributed by atoms with Crippen LogP contribution in [0.3, 0.4) is 0 Å². The molecule has 0 spiro atoms. The lowest BCUT2D eigenvalue weighted by Crippen LogP contribution is -2.22. The van der Waals surface area contributed by atoms with E-state index in [0.29, 0.717) is 17.3 Å². The summed E-state index contributed by atoms with van der Waals surface area (Å²) in [7, 11) is 2.09. The zero-order valence-electron chi connectivity index (χ0n) is 10.5. The van der Waals surface area contributed by atoms with Gasteiger partial charge in [-0.1, -0.05) is 0 Å². The van der Waals surface area contributed by atoms with Gasteiger partial charge in [-0.15, -0.1) is 0 Å². The standard InChI is InChI=1S/C11H19O6S/c1-16-10(14)9(11(15)17-2)3-6-18(7-4-12)8-5-13/h3,12-13H,4-8H2,1-2H3/q+1. The average Bonchev–Trinajstić information content (AvgIpc) is 2.38. The molecule has 0 amide bonds. The van der Waals surface area contributed by atoms with Crippen LogP contribution in [0.4, 0.5) is 0 Å². The van der Waals surface area contributed by atoms with Crippen LogP contribution in [-0.4, -0.2) is 66.8 Å². The van der Waals surface area contributed by atoms with Crippen LogP contribution in [0.25, 0.3) is 0 Å². The predicted molar refractivity (Wildman–Crippen MR) is 68.3 cm³/mol. The van der Waals surface area contributed by atoms with Crippen molar-refractivity contribution < 1.29 is 29.3 Å². The van der Waals surface area contributed by atoms with Gasteiger partial charge in [-0.2, -0.15) is 0 Å². The smallest absolute Gasteiger partial charge is 0.345 e. The summed E-state index contributed by atoms with van der Waals surface area (Å²) >= 11 is 0. The molecule has 0 aromatic heterocycles. The van der Waals surface area contributed by atoms with Gasteiger partial charge in [0.15, 0.2) is 0 Å². The summed E-state index contributed by atoms with van der Waals surface area (Å²) in [6.45, 7) is 0.00542. The van der Waals surface area contributed by atoms with Gasteiger partial charge in [0, 0.05) is 0 Å². The van der Waals surface area contributed by atoms with E-state index < -0.39 is 11.9 Å². The molecule has 6 nitrogen and oxygen atoms in total. The highest BCUT2D eigenvalue weighted by Crippen LogP contribution is 2.05. The van der Waals surface area contributed by atoms with Crippen molar-refractivity contribution >= 4 is 22.8 Å². The minimum absolute atomic E-state index is 0.00271. The van der Waals surface area contributed by atoms with Crippen molar-refractivity contribution in [1.29, 1.82) is 0 Å². The Hall–Kier alpha value is -1.05. The molecule has 0 bridgehead atoms. The Labute approximate surface area is 109 Å². The van der Waals surface area contributed by atoms with Crippen molar-refractivity contribution in [2.45, 2.75) is 0 Å². The van der Waals surface area contributed by atoms with Crippen LogP contribution in [-0.2, 0) is 30.0 Å². The molecular weight excluding hydrogens is 260 g/mol. The Kier molecular flexibility index (Phi) is 9.35. The van der Waals surface area contributed by atoms with Crippen LogP contribution in [0.15, 0.2) is 11.6 Å². The third-order valence-corrected chi connectivity index (χ3v) is 4.25. The molecule has 0 aromatic rings. The van der Waals surface area contributed by atoms with Crippen molar-refractivity contribution in [3.8, 4) is 0 Å². The monoisotopic (exact) mass is 279 g/mol. The van der Waals surface area contributed by atoms with E-state index in [4.69, 9.17) is 10.2 Å². The van der Waals surface area contributed by atoms with E-state index in [1.54, 1.807) is 0 Å². The quantitative estimate of drug-likeness (QED) is 0.192. The molecule has 0 aliphatic carbocycles.